The summed E-state index contributed by atoms with van der Waals surface area (Å²) in [5.41, 5.74) is 1.69. The van der Waals surface area contributed by atoms with Crippen LogP contribution in [0.1, 0.15) is 30.4 Å². The fourth-order valence-electron chi connectivity index (χ4n) is 3.64. The first-order valence-corrected chi connectivity index (χ1v) is 8.10. The Bertz CT molecular complexity index is 562. The van der Waals surface area contributed by atoms with Crippen LogP contribution in [0.15, 0.2) is 12.3 Å². The standard InChI is InChI=1S/C17H24N4O/c1-13-5-6-19-17(16(13)10-18)21-12-15(22-2)9-14(21)11-20-7-3-4-8-20/h5-6,14-15H,3-4,7-9,11-12H2,1-2H3/t14-,15-/m0/s1. The molecule has 0 bridgehead atoms. The summed E-state index contributed by atoms with van der Waals surface area (Å²) in [5.74, 6) is 0.825. The van der Waals surface area contributed by atoms with Crippen molar-refractivity contribution in [3.63, 3.8) is 0 Å². The molecule has 0 unspecified atom stereocenters. The highest BCUT2D eigenvalue weighted by molar-refractivity contribution is 5.58. The molecule has 0 spiro atoms. The number of hydrogen-bond donors (Lipinski definition) is 0. The lowest BCUT2D eigenvalue weighted by Gasteiger charge is -2.29. The number of ether oxygens (including phenoxy) is 1. The van der Waals surface area contributed by atoms with Crippen molar-refractivity contribution in [2.75, 3.05) is 38.2 Å². The molecule has 0 aliphatic carbocycles. The number of rotatable bonds is 4. The van der Waals surface area contributed by atoms with Crippen molar-refractivity contribution in [3.05, 3.63) is 23.4 Å². The van der Waals surface area contributed by atoms with Crippen molar-refractivity contribution in [1.29, 1.82) is 5.26 Å². The van der Waals surface area contributed by atoms with Crippen molar-refractivity contribution >= 4 is 5.82 Å². The van der Waals surface area contributed by atoms with Gasteiger partial charge in [-0.25, -0.2) is 4.98 Å². The number of likely N-dealkylation sites (tertiary alicyclic amines) is 1. The molecule has 118 valence electrons. The lowest BCUT2D eigenvalue weighted by molar-refractivity contribution is 0.116. The molecule has 0 N–H and O–H groups in total. The van der Waals surface area contributed by atoms with Crippen LogP contribution in [0.4, 0.5) is 5.82 Å². The van der Waals surface area contributed by atoms with E-state index in [-0.39, 0.29) is 6.10 Å². The van der Waals surface area contributed by atoms with E-state index in [9.17, 15) is 5.26 Å². The van der Waals surface area contributed by atoms with Crippen molar-refractivity contribution < 1.29 is 4.74 Å². The summed E-state index contributed by atoms with van der Waals surface area (Å²) in [6.07, 6.45) is 5.63. The molecular formula is C17H24N4O. The van der Waals surface area contributed by atoms with Crippen LogP contribution in [0.25, 0.3) is 0 Å². The topological polar surface area (TPSA) is 52.4 Å². The van der Waals surface area contributed by atoms with Gasteiger partial charge in [-0.1, -0.05) is 0 Å². The molecule has 3 heterocycles. The van der Waals surface area contributed by atoms with Crippen LogP contribution >= 0.6 is 0 Å². The minimum absolute atomic E-state index is 0.224. The van der Waals surface area contributed by atoms with Crippen LogP contribution in [0.5, 0.6) is 0 Å². The van der Waals surface area contributed by atoms with E-state index in [1.165, 1.54) is 25.9 Å². The second-order valence-corrected chi connectivity index (χ2v) is 6.35. The Kier molecular flexibility index (Phi) is 4.60. The highest BCUT2D eigenvalue weighted by atomic mass is 16.5. The van der Waals surface area contributed by atoms with Gasteiger partial charge in [0.25, 0.3) is 0 Å². The fraction of sp³-hybridized carbons (Fsp3) is 0.647. The number of nitriles is 1. The summed E-state index contributed by atoms with van der Waals surface area (Å²) in [6, 6.07) is 4.61. The third kappa shape index (κ3) is 2.94. The molecule has 2 saturated heterocycles. The lowest BCUT2D eigenvalue weighted by Crippen LogP contribution is -2.40. The zero-order chi connectivity index (χ0) is 15.5. The van der Waals surface area contributed by atoms with Gasteiger partial charge in [0, 0.05) is 32.4 Å². The molecule has 5 nitrogen and oxygen atoms in total. The van der Waals surface area contributed by atoms with Crippen LogP contribution in [0.2, 0.25) is 0 Å². The van der Waals surface area contributed by atoms with Gasteiger partial charge in [0.15, 0.2) is 0 Å². The summed E-state index contributed by atoms with van der Waals surface area (Å²) < 4.78 is 5.59. The molecule has 2 aliphatic heterocycles. The maximum atomic E-state index is 9.49. The molecule has 3 rings (SSSR count). The number of pyridine rings is 1. The predicted molar refractivity (Wildman–Crippen MR) is 85.9 cm³/mol. The number of methoxy groups -OCH3 is 1. The first kappa shape index (κ1) is 15.3. The maximum Gasteiger partial charge on any atom is 0.147 e. The Morgan fingerprint density at radius 1 is 1.41 bits per heavy atom. The van der Waals surface area contributed by atoms with E-state index in [2.05, 4.69) is 20.9 Å². The van der Waals surface area contributed by atoms with E-state index in [1.807, 2.05) is 13.0 Å². The van der Waals surface area contributed by atoms with E-state index in [0.717, 1.165) is 30.9 Å². The fourth-order valence-corrected chi connectivity index (χ4v) is 3.64. The van der Waals surface area contributed by atoms with Gasteiger partial charge < -0.3 is 14.5 Å². The zero-order valence-electron chi connectivity index (χ0n) is 13.5. The number of anilines is 1. The molecule has 0 amide bonds. The van der Waals surface area contributed by atoms with Gasteiger partial charge in [0.05, 0.1) is 11.7 Å². The van der Waals surface area contributed by atoms with Crippen LogP contribution in [-0.2, 0) is 4.74 Å². The molecule has 1 aromatic rings. The monoisotopic (exact) mass is 300 g/mol. The average molecular weight is 300 g/mol. The Balaban J connectivity index is 1.85. The summed E-state index contributed by atoms with van der Waals surface area (Å²) >= 11 is 0. The van der Waals surface area contributed by atoms with E-state index < -0.39 is 0 Å². The molecule has 5 heteroatoms. The van der Waals surface area contributed by atoms with E-state index in [1.54, 1.807) is 13.3 Å². The maximum absolute atomic E-state index is 9.49. The summed E-state index contributed by atoms with van der Waals surface area (Å²) in [5, 5.41) is 9.49. The lowest BCUT2D eigenvalue weighted by atomic mass is 10.1. The SMILES string of the molecule is CO[C@H]1C[C@@H](CN2CCCC2)N(c2nccc(C)c2C#N)C1. The van der Waals surface area contributed by atoms with Gasteiger partial charge in [0.2, 0.25) is 0 Å². The Hall–Kier alpha value is -1.64. The third-order valence-corrected chi connectivity index (χ3v) is 4.90. The van der Waals surface area contributed by atoms with Crippen LogP contribution in [0, 0.1) is 18.3 Å². The van der Waals surface area contributed by atoms with Gasteiger partial charge in [-0.2, -0.15) is 5.26 Å². The second kappa shape index (κ2) is 6.64. The zero-order valence-corrected chi connectivity index (χ0v) is 13.5. The van der Waals surface area contributed by atoms with Gasteiger partial charge >= 0.3 is 0 Å². The average Bonchev–Trinajstić information content (AvgIpc) is 3.17. The number of nitrogens with zero attached hydrogens (tertiary/aromatic N) is 4. The van der Waals surface area contributed by atoms with Gasteiger partial charge in [0.1, 0.15) is 11.9 Å². The minimum atomic E-state index is 0.224. The summed E-state index contributed by atoms with van der Waals surface area (Å²) in [4.78, 5) is 9.33. The van der Waals surface area contributed by atoms with Crippen molar-refractivity contribution in [2.24, 2.45) is 0 Å². The molecular weight excluding hydrogens is 276 g/mol. The van der Waals surface area contributed by atoms with Gasteiger partial charge in [-0.3, -0.25) is 0 Å². The first-order valence-electron chi connectivity index (χ1n) is 8.10. The van der Waals surface area contributed by atoms with Gasteiger partial charge in [-0.15, -0.1) is 0 Å². The molecule has 1 aromatic heterocycles. The first-order chi connectivity index (χ1) is 10.7. The molecule has 0 radical (unpaired) electrons. The number of aryl methyl sites for hydroxylation is 1. The van der Waals surface area contributed by atoms with E-state index in [4.69, 9.17) is 4.74 Å². The molecule has 2 fully saturated rings. The normalized spacial score (nSPS) is 25.6. The number of hydrogen-bond acceptors (Lipinski definition) is 5. The number of aromatic nitrogens is 1. The Morgan fingerprint density at radius 2 is 2.18 bits per heavy atom. The van der Waals surface area contributed by atoms with Gasteiger partial charge in [-0.05, 0) is 50.9 Å². The molecule has 0 saturated carbocycles. The van der Waals surface area contributed by atoms with Crippen molar-refractivity contribution in [2.45, 2.75) is 38.3 Å². The molecule has 2 aliphatic rings. The highest BCUT2D eigenvalue weighted by Crippen LogP contribution is 2.30. The quantitative estimate of drug-likeness (QED) is 0.850. The third-order valence-electron chi connectivity index (χ3n) is 4.90. The van der Waals surface area contributed by atoms with E-state index in [0.29, 0.717) is 11.6 Å². The summed E-state index contributed by atoms with van der Waals surface area (Å²) in [7, 11) is 1.77. The molecule has 0 aromatic carbocycles. The smallest absolute Gasteiger partial charge is 0.147 e. The van der Waals surface area contributed by atoms with E-state index >= 15 is 0 Å². The van der Waals surface area contributed by atoms with Crippen LogP contribution in [0.3, 0.4) is 0 Å². The summed E-state index contributed by atoms with van der Waals surface area (Å²) in [6.45, 7) is 6.21. The van der Waals surface area contributed by atoms with Crippen LogP contribution < -0.4 is 4.90 Å². The Labute approximate surface area is 132 Å². The van der Waals surface area contributed by atoms with Crippen molar-refractivity contribution in [3.8, 4) is 6.07 Å². The molecule has 22 heavy (non-hydrogen) atoms. The Morgan fingerprint density at radius 3 is 2.86 bits per heavy atom. The predicted octanol–water partition coefficient (Wildman–Crippen LogP) is 1.95. The largest absolute Gasteiger partial charge is 0.380 e. The second-order valence-electron chi connectivity index (χ2n) is 6.35. The van der Waals surface area contributed by atoms with Crippen LogP contribution in [-0.4, -0.2) is 55.3 Å². The molecule has 2 atom stereocenters. The minimum Gasteiger partial charge on any atom is -0.380 e. The highest BCUT2D eigenvalue weighted by Gasteiger charge is 2.35. The van der Waals surface area contributed by atoms with Crippen molar-refractivity contribution in [1.82, 2.24) is 9.88 Å².